The molecule has 0 aromatic rings. The lowest BCUT2D eigenvalue weighted by atomic mass is 10.3. The van der Waals surface area contributed by atoms with Gasteiger partial charge in [-0.3, -0.25) is 4.79 Å². The van der Waals surface area contributed by atoms with Crippen LogP contribution in [-0.2, 0) is 9.59 Å². The van der Waals surface area contributed by atoms with Gasteiger partial charge in [-0.1, -0.05) is 13.3 Å². The molecule has 0 aromatic heterocycles. The van der Waals surface area contributed by atoms with Crippen LogP contribution in [-0.4, -0.2) is 21.9 Å². The van der Waals surface area contributed by atoms with Gasteiger partial charge in [-0.15, -0.1) is 0 Å². The minimum absolute atomic E-state index is 0.0391. The van der Waals surface area contributed by atoms with E-state index in [0.717, 1.165) is 18.8 Å². The second kappa shape index (κ2) is 7.46. The summed E-state index contributed by atoms with van der Waals surface area (Å²) in [6.45, 7) is 2.10. The highest BCUT2D eigenvalue weighted by molar-refractivity contribution is 6.36. The summed E-state index contributed by atoms with van der Waals surface area (Å²) in [4.78, 5) is 23.6. The average Bonchev–Trinajstić information content (AvgIpc) is 2.01. The molecule has 0 atom stereocenters. The van der Waals surface area contributed by atoms with Crippen LogP contribution in [0.3, 0.4) is 0 Å². The molecule has 4 heteroatoms. The van der Waals surface area contributed by atoms with Gasteiger partial charge < -0.3 is 9.78 Å². The van der Waals surface area contributed by atoms with Gasteiger partial charge in [-0.25, -0.2) is 0 Å². The Labute approximate surface area is 69.5 Å². The summed E-state index contributed by atoms with van der Waals surface area (Å²) < 4.78 is 0. The fraction of sp³-hybridized carbons (Fsp3) is 0.714. The molecule has 0 saturated carbocycles. The lowest BCUT2D eigenvalue weighted by Gasteiger charge is -2.00. The van der Waals surface area contributed by atoms with E-state index in [4.69, 9.17) is 0 Å². The highest BCUT2D eigenvalue weighted by Crippen LogP contribution is 1.86. The first-order chi connectivity index (χ1) is 5.31. The van der Waals surface area contributed by atoms with Gasteiger partial charge in [-0.2, -0.15) is 0 Å². The van der Waals surface area contributed by atoms with Crippen molar-refractivity contribution in [3.05, 3.63) is 0 Å². The van der Waals surface area contributed by atoms with E-state index in [2.05, 4.69) is 11.9 Å². The minimum atomic E-state index is -0.380. The lowest BCUT2D eigenvalue weighted by molar-refractivity contribution is -0.121. The number of hydrogen-bond acceptors (Lipinski definition) is 2. The summed E-state index contributed by atoms with van der Waals surface area (Å²) in [5.74, 6) is 0.0391. The van der Waals surface area contributed by atoms with E-state index >= 15 is 0 Å². The van der Waals surface area contributed by atoms with Crippen LogP contribution in [0.1, 0.15) is 26.2 Å². The predicted octanol–water partition coefficient (Wildman–Crippen LogP) is -0.00620. The van der Waals surface area contributed by atoms with Gasteiger partial charge in [0.05, 0.1) is 0 Å². The number of carbonyl (C=O) groups excluding carboxylic acids is 2. The first-order valence-electron chi connectivity index (χ1n) is 4.01. The van der Waals surface area contributed by atoms with Crippen molar-refractivity contribution in [2.75, 3.05) is 0 Å². The van der Waals surface area contributed by atoms with Gasteiger partial charge >= 0.3 is 0 Å². The van der Waals surface area contributed by atoms with Gasteiger partial charge in [0, 0.05) is 12.8 Å². The molecule has 0 bridgehead atoms. The van der Waals surface area contributed by atoms with Crippen LogP contribution in [0.2, 0.25) is 6.04 Å². The molecule has 0 fully saturated rings. The molecule has 1 N–H and O–H groups in total. The van der Waals surface area contributed by atoms with E-state index in [1.54, 1.807) is 0 Å². The van der Waals surface area contributed by atoms with Gasteiger partial charge in [0.2, 0.25) is 5.91 Å². The molecule has 0 aliphatic heterocycles. The number of amides is 1. The summed E-state index contributed by atoms with van der Waals surface area (Å²) in [6.07, 6.45) is 2.63. The molecule has 0 radical (unpaired) electrons. The van der Waals surface area contributed by atoms with E-state index in [1.165, 1.54) is 0 Å². The van der Waals surface area contributed by atoms with E-state index in [0.29, 0.717) is 12.8 Å². The quantitative estimate of drug-likeness (QED) is 0.349. The molecule has 0 aliphatic carbocycles. The standard InChI is InChI=1S/C7H15NO2Si/c1-2-6-11-8-7(10)4-3-5-9/h5H,2-4,6,11H2,1H3,(H,8,10). The summed E-state index contributed by atoms with van der Waals surface area (Å²) in [5, 5.41) is 0. The van der Waals surface area contributed by atoms with E-state index < -0.39 is 0 Å². The Hall–Kier alpha value is -0.643. The van der Waals surface area contributed by atoms with Crippen molar-refractivity contribution in [1.29, 1.82) is 0 Å². The molecule has 0 heterocycles. The predicted molar refractivity (Wildman–Crippen MR) is 47.1 cm³/mol. The third kappa shape index (κ3) is 7.25. The van der Waals surface area contributed by atoms with Crippen LogP contribution < -0.4 is 4.98 Å². The lowest BCUT2D eigenvalue weighted by Crippen LogP contribution is -2.26. The Morgan fingerprint density at radius 2 is 2.36 bits per heavy atom. The van der Waals surface area contributed by atoms with Crippen molar-refractivity contribution in [2.45, 2.75) is 32.2 Å². The zero-order chi connectivity index (χ0) is 8.53. The fourth-order valence-electron chi connectivity index (χ4n) is 0.683. The van der Waals surface area contributed by atoms with Crippen LogP contribution in [0.4, 0.5) is 0 Å². The Bertz CT molecular complexity index is 128. The third-order valence-corrected chi connectivity index (χ3v) is 3.05. The maximum Gasteiger partial charge on any atom is 0.212 e. The largest absolute Gasteiger partial charge is 0.388 e. The van der Waals surface area contributed by atoms with Crippen molar-refractivity contribution < 1.29 is 9.59 Å². The van der Waals surface area contributed by atoms with Crippen LogP contribution in [0.25, 0.3) is 0 Å². The molecule has 1 amide bonds. The monoisotopic (exact) mass is 173 g/mol. The smallest absolute Gasteiger partial charge is 0.212 e. The van der Waals surface area contributed by atoms with Crippen LogP contribution in [0.15, 0.2) is 0 Å². The van der Waals surface area contributed by atoms with Crippen molar-refractivity contribution >= 4 is 21.9 Å². The maximum atomic E-state index is 10.8. The molecule has 0 aromatic carbocycles. The summed E-state index contributed by atoms with van der Waals surface area (Å²) in [6, 6.07) is 1.15. The van der Waals surface area contributed by atoms with Crippen molar-refractivity contribution in [3.63, 3.8) is 0 Å². The zero-order valence-corrected chi connectivity index (χ0v) is 8.34. The van der Waals surface area contributed by atoms with Crippen LogP contribution in [0, 0.1) is 0 Å². The molecular weight excluding hydrogens is 158 g/mol. The van der Waals surface area contributed by atoms with Gasteiger partial charge in [-0.05, 0) is 6.04 Å². The average molecular weight is 173 g/mol. The van der Waals surface area contributed by atoms with Gasteiger partial charge in [0.15, 0.2) is 0 Å². The first kappa shape index (κ1) is 10.4. The molecular formula is C7H15NO2Si. The number of hydrogen-bond donors (Lipinski definition) is 1. The highest BCUT2D eigenvalue weighted by Gasteiger charge is 1.97. The Morgan fingerprint density at radius 1 is 1.64 bits per heavy atom. The Morgan fingerprint density at radius 3 is 2.91 bits per heavy atom. The van der Waals surface area contributed by atoms with Crippen molar-refractivity contribution in [3.8, 4) is 0 Å². The topological polar surface area (TPSA) is 46.2 Å². The maximum absolute atomic E-state index is 10.8. The van der Waals surface area contributed by atoms with Crippen LogP contribution >= 0.6 is 0 Å². The van der Waals surface area contributed by atoms with Gasteiger partial charge in [0.1, 0.15) is 16.0 Å². The molecule has 11 heavy (non-hydrogen) atoms. The second-order valence-corrected chi connectivity index (χ2v) is 3.97. The molecule has 0 unspecified atom stereocenters. The van der Waals surface area contributed by atoms with Crippen molar-refractivity contribution in [1.82, 2.24) is 4.98 Å². The summed E-state index contributed by atoms with van der Waals surface area (Å²) in [5.41, 5.74) is 0. The summed E-state index contributed by atoms with van der Waals surface area (Å²) in [7, 11) is -0.380. The van der Waals surface area contributed by atoms with Crippen LogP contribution in [0.5, 0.6) is 0 Å². The fourth-order valence-corrected chi connectivity index (χ4v) is 1.67. The zero-order valence-electron chi connectivity index (χ0n) is 6.93. The number of carbonyl (C=O) groups is 2. The third-order valence-electron chi connectivity index (χ3n) is 1.34. The number of nitrogens with one attached hydrogen (secondary N) is 1. The van der Waals surface area contributed by atoms with Gasteiger partial charge in [0.25, 0.3) is 0 Å². The SMILES string of the molecule is CCC[SiH2]NC(=O)CCC=O. The van der Waals surface area contributed by atoms with E-state index in [9.17, 15) is 9.59 Å². The molecule has 0 aliphatic rings. The number of rotatable bonds is 6. The minimum Gasteiger partial charge on any atom is -0.388 e. The first-order valence-corrected chi connectivity index (χ1v) is 5.72. The van der Waals surface area contributed by atoms with Crippen molar-refractivity contribution in [2.24, 2.45) is 0 Å². The molecule has 64 valence electrons. The summed E-state index contributed by atoms with van der Waals surface area (Å²) >= 11 is 0. The molecule has 0 saturated heterocycles. The molecule has 0 spiro atoms. The Balaban J connectivity index is 3.15. The highest BCUT2D eigenvalue weighted by atomic mass is 28.2. The Kier molecular flexibility index (Phi) is 7.03. The second-order valence-electron chi connectivity index (χ2n) is 2.41. The van der Waals surface area contributed by atoms with E-state index in [-0.39, 0.29) is 15.6 Å². The number of aldehydes is 1. The molecule has 0 rings (SSSR count). The molecule has 3 nitrogen and oxygen atoms in total. The van der Waals surface area contributed by atoms with E-state index in [1.807, 2.05) is 0 Å². The normalized spacial score (nSPS) is 10.3.